The van der Waals surface area contributed by atoms with Crippen LogP contribution in [0.5, 0.6) is 11.5 Å². The van der Waals surface area contributed by atoms with E-state index in [1.54, 1.807) is 59.2 Å². The molecule has 6 aromatic heterocycles. The van der Waals surface area contributed by atoms with Gasteiger partial charge in [0, 0.05) is 69.6 Å². The molecular weight excluding hydrogens is 897 g/mol. The number of ether oxygens (including phenoxy) is 3. The standard InChI is InChI=1S/C25H27FN6O3S.C23H24FN5OS/c1-4-35-25(33)31-9-7-18(8-10-31)32-14-17(12-28-32)29-24-27-13-21-23(30-24)22(15(2)36-21)19-6-5-16(26)11-20(19)34-3;1-14-21(18-9-8-15(24)10-19(18)30-2)22-20(31-14)12-25-23(28-22)27-16-11-26-29(13-16)17-6-4-3-5-7-17/h5-6,11-14,18H,4,7-10H2,1-3H3,(H,27,29,30);8-13,17H,3-7H2,1-2H3,(H,25,27,28). The highest BCUT2D eigenvalue weighted by atomic mass is 32.1. The zero-order chi connectivity index (χ0) is 46.6. The number of thiophene rings is 2. The van der Waals surface area contributed by atoms with Crippen LogP contribution in [0, 0.1) is 25.5 Å². The maximum Gasteiger partial charge on any atom is 0.409 e. The Morgan fingerprint density at radius 3 is 1.64 bits per heavy atom. The van der Waals surface area contributed by atoms with E-state index in [2.05, 4.69) is 35.5 Å². The third kappa shape index (κ3) is 9.88. The van der Waals surface area contributed by atoms with Gasteiger partial charge in [-0.25, -0.2) is 33.5 Å². The molecule has 67 heavy (non-hydrogen) atoms. The zero-order valence-electron chi connectivity index (χ0n) is 37.9. The van der Waals surface area contributed by atoms with Crippen molar-refractivity contribution < 1.29 is 27.8 Å². The van der Waals surface area contributed by atoms with Crippen molar-refractivity contribution in [1.29, 1.82) is 0 Å². The molecule has 0 bridgehead atoms. The Bertz CT molecular complexity index is 3030. The Hall–Kier alpha value is -6.73. The number of aromatic nitrogens is 8. The number of likely N-dealkylation sites (tertiary alicyclic amines) is 1. The van der Waals surface area contributed by atoms with Crippen molar-refractivity contribution in [2.45, 2.75) is 77.8 Å². The number of methoxy groups -OCH3 is 2. The predicted molar refractivity (Wildman–Crippen MR) is 258 cm³/mol. The van der Waals surface area contributed by atoms with Crippen LogP contribution in [-0.2, 0) is 4.74 Å². The average molecular weight is 948 g/mol. The van der Waals surface area contributed by atoms with Gasteiger partial charge in [-0.2, -0.15) is 10.2 Å². The van der Waals surface area contributed by atoms with E-state index in [1.165, 1.54) is 63.5 Å². The fourth-order valence-corrected chi connectivity index (χ4v) is 10.8. The van der Waals surface area contributed by atoms with E-state index in [0.29, 0.717) is 49.1 Å². The lowest BCUT2D eigenvalue weighted by Crippen LogP contribution is -2.39. The first kappa shape index (κ1) is 45.4. The van der Waals surface area contributed by atoms with E-state index in [9.17, 15) is 13.6 Å². The first-order chi connectivity index (χ1) is 32.6. The van der Waals surface area contributed by atoms with Gasteiger partial charge in [-0.3, -0.25) is 9.36 Å². The fraction of sp³-hybridized carbons (Fsp3) is 0.354. The van der Waals surface area contributed by atoms with E-state index >= 15 is 0 Å². The highest BCUT2D eigenvalue weighted by Gasteiger charge is 2.26. The van der Waals surface area contributed by atoms with Gasteiger partial charge in [0.05, 0.1) is 89.5 Å². The quantitative estimate of drug-likeness (QED) is 0.127. The molecule has 2 aromatic carbocycles. The molecule has 0 unspecified atom stereocenters. The molecule has 2 fully saturated rings. The molecule has 1 aliphatic carbocycles. The maximum absolute atomic E-state index is 13.8. The molecule has 0 spiro atoms. The normalized spacial score (nSPS) is 14.5. The molecule has 1 amide bonds. The Balaban J connectivity index is 0.000000170. The van der Waals surface area contributed by atoms with Crippen molar-refractivity contribution in [1.82, 2.24) is 44.4 Å². The van der Waals surface area contributed by atoms with Gasteiger partial charge >= 0.3 is 6.09 Å². The molecule has 2 aliphatic rings. The van der Waals surface area contributed by atoms with Crippen LogP contribution in [0.3, 0.4) is 0 Å². The summed E-state index contributed by atoms with van der Waals surface area (Å²) < 4.78 is 49.3. The van der Waals surface area contributed by atoms with Crippen LogP contribution in [-0.4, -0.2) is 84.4 Å². The van der Waals surface area contributed by atoms with Gasteiger partial charge in [-0.1, -0.05) is 19.3 Å². The van der Waals surface area contributed by atoms with Crippen molar-refractivity contribution in [3.05, 3.63) is 95.0 Å². The van der Waals surface area contributed by atoms with Crippen molar-refractivity contribution in [2.75, 3.05) is 44.5 Å². The molecule has 2 N–H and O–H groups in total. The number of halogens is 2. The lowest BCUT2D eigenvalue weighted by atomic mass is 9.96. The summed E-state index contributed by atoms with van der Waals surface area (Å²) in [6.45, 7) is 7.51. The van der Waals surface area contributed by atoms with Crippen molar-refractivity contribution in [2.24, 2.45) is 0 Å². The number of aryl methyl sites for hydroxylation is 2. The summed E-state index contributed by atoms with van der Waals surface area (Å²) in [6, 6.07) is 9.79. The molecule has 1 saturated heterocycles. The minimum Gasteiger partial charge on any atom is -0.496 e. The number of hydrogen-bond donors (Lipinski definition) is 2. The van der Waals surface area contributed by atoms with Gasteiger partial charge in [0.25, 0.3) is 0 Å². The second-order valence-corrected chi connectivity index (χ2v) is 19.0. The number of nitrogens with zero attached hydrogens (tertiary/aromatic N) is 9. The van der Waals surface area contributed by atoms with Gasteiger partial charge in [0.15, 0.2) is 0 Å². The number of benzene rings is 2. The summed E-state index contributed by atoms with van der Waals surface area (Å²) in [5.74, 6) is 1.22. The summed E-state index contributed by atoms with van der Waals surface area (Å²) in [4.78, 5) is 34.3. The van der Waals surface area contributed by atoms with Crippen LogP contribution >= 0.6 is 22.7 Å². The monoisotopic (exact) mass is 947 g/mol. The molecule has 19 heteroatoms. The molecule has 0 atom stereocenters. The first-order valence-corrected chi connectivity index (χ1v) is 24.0. The summed E-state index contributed by atoms with van der Waals surface area (Å²) in [7, 11) is 3.08. The van der Waals surface area contributed by atoms with Crippen LogP contribution in [0.15, 0.2) is 73.6 Å². The number of nitrogens with one attached hydrogen (secondary N) is 2. The zero-order valence-corrected chi connectivity index (χ0v) is 39.5. The minimum atomic E-state index is -0.353. The van der Waals surface area contributed by atoms with Gasteiger partial charge < -0.3 is 29.7 Å². The summed E-state index contributed by atoms with van der Waals surface area (Å²) in [5, 5.41) is 15.6. The van der Waals surface area contributed by atoms with Crippen LogP contribution in [0.2, 0.25) is 0 Å². The third-order valence-corrected chi connectivity index (χ3v) is 14.2. The number of carbonyl (C=O) groups excluding carboxylic acids is 1. The van der Waals surface area contributed by atoms with Crippen LogP contribution in [0.25, 0.3) is 42.7 Å². The van der Waals surface area contributed by atoms with Crippen LogP contribution < -0.4 is 20.1 Å². The molecule has 15 nitrogen and oxygen atoms in total. The minimum absolute atomic E-state index is 0.201. The molecule has 10 rings (SSSR count). The van der Waals surface area contributed by atoms with Crippen molar-refractivity contribution >= 4 is 72.5 Å². The molecular formula is C48H51F2N11O4S2. The highest BCUT2D eigenvalue weighted by molar-refractivity contribution is 7.20. The van der Waals surface area contributed by atoms with E-state index in [4.69, 9.17) is 24.2 Å². The van der Waals surface area contributed by atoms with Gasteiger partial charge in [-0.05, 0) is 70.7 Å². The maximum atomic E-state index is 13.8. The van der Waals surface area contributed by atoms with Crippen LogP contribution in [0.1, 0.15) is 73.7 Å². The Morgan fingerprint density at radius 1 is 0.701 bits per heavy atom. The number of carbonyl (C=O) groups is 1. The molecule has 1 saturated carbocycles. The Morgan fingerprint density at radius 2 is 1.18 bits per heavy atom. The first-order valence-electron chi connectivity index (χ1n) is 22.3. The molecule has 348 valence electrons. The van der Waals surface area contributed by atoms with E-state index in [-0.39, 0.29) is 23.8 Å². The lowest BCUT2D eigenvalue weighted by Gasteiger charge is -2.31. The number of amides is 1. The van der Waals surface area contributed by atoms with E-state index < -0.39 is 0 Å². The van der Waals surface area contributed by atoms with Crippen molar-refractivity contribution in [3.8, 4) is 33.8 Å². The summed E-state index contributed by atoms with van der Waals surface area (Å²) >= 11 is 3.20. The Labute approximate surface area is 394 Å². The third-order valence-electron chi connectivity index (χ3n) is 12.1. The molecule has 0 radical (unpaired) electrons. The number of rotatable bonds is 11. The topological polar surface area (TPSA) is 159 Å². The fourth-order valence-electron chi connectivity index (χ4n) is 8.85. The van der Waals surface area contributed by atoms with Gasteiger partial charge in [-0.15, -0.1) is 22.7 Å². The summed E-state index contributed by atoms with van der Waals surface area (Å²) in [5.41, 5.74) is 6.70. The van der Waals surface area contributed by atoms with Gasteiger partial charge in [0.1, 0.15) is 23.1 Å². The molecule has 8 aromatic rings. The number of hydrogen-bond acceptors (Lipinski definition) is 14. The number of fused-ring (bicyclic) bond motifs is 2. The Kier molecular flexibility index (Phi) is 13.6. The average Bonchev–Trinajstić information content (AvgIpc) is 4.15. The van der Waals surface area contributed by atoms with E-state index in [0.717, 1.165) is 76.7 Å². The van der Waals surface area contributed by atoms with Crippen molar-refractivity contribution in [3.63, 3.8) is 0 Å². The molecule has 7 heterocycles. The summed E-state index contributed by atoms with van der Waals surface area (Å²) in [6.07, 6.45) is 18.7. The smallest absolute Gasteiger partial charge is 0.409 e. The number of piperidine rings is 1. The number of anilines is 4. The van der Waals surface area contributed by atoms with E-state index in [1.807, 2.05) is 50.2 Å². The second-order valence-electron chi connectivity index (χ2n) is 16.4. The SMILES string of the molecule is CCOC(=O)N1CCC(n2cc(Nc3ncc4sc(C)c(-c5ccc(F)cc5OC)c4n3)cn2)CC1.COc1cc(F)ccc1-c1c(C)sc2cnc(Nc3cnn(C4CCCCC4)c3)nc12. The largest absolute Gasteiger partial charge is 0.496 e. The highest BCUT2D eigenvalue weighted by Crippen LogP contribution is 2.43. The van der Waals surface area contributed by atoms with Crippen LogP contribution in [0.4, 0.5) is 36.8 Å². The predicted octanol–water partition coefficient (Wildman–Crippen LogP) is 11.8. The lowest BCUT2D eigenvalue weighted by molar-refractivity contribution is 0.0915. The second kappa shape index (κ2) is 20.0. The van der Waals surface area contributed by atoms with Gasteiger partial charge in [0.2, 0.25) is 11.9 Å². The molecule has 1 aliphatic heterocycles.